The van der Waals surface area contributed by atoms with Crippen molar-refractivity contribution in [3.63, 3.8) is 0 Å². The SMILES string of the molecule is N#Cc1ccc2sc(N[C@H]3CC[C@H](Nc4ccc(-n5ccccc5=O)cn4)C3)nc2c1. The van der Waals surface area contributed by atoms with Crippen molar-refractivity contribution in [3.05, 3.63) is 76.8 Å². The van der Waals surface area contributed by atoms with Crippen molar-refractivity contribution in [1.82, 2.24) is 14.5 Å². The predicted octanol–water partition coefficient (Wildman–Crippen LogP) is 4.16. The molecule has 0 spiro atoms. The predicted molar refractivity (Wildman–Crippen MR) is 123 cm³/mol. The minimum absolute atomic E-state index is 0.0755. The summed E-state index contributed by atoms with van der Waals surface area (Å²) in [5.74, 6) is 0.808. The number of pyridine rings is 2. The number of rotatable bonds is 5. The second-order valence-corrected chi connectivity index (χ2v) is 8.65. The first-order valence-electron chi connectivity index (χ1n) is 10.2. The maximum Gasteiger partial charge on any atom is 0.255 e. The Bertz CT molecular complexity index is 1320. The van der Waals surface area contributed by atoms with Crippen LogP contribution in [0.5, 0.6) is 0 Å². The zero-order valence-electron chi connectivity index (χ0n) is 16.7. The zero-order chi connectivity index (χ0) is 21.2. The highest BCUT2D eigenvalue weighted by Crippen LogP contribution is 2.30. The lowest BCUT2D eigenvalue weighted by Crippen LogP contribution is -2.21. The van der Waals surface area contributed by atoms with E-state index in [-0.39, 0.29) is 5.56 Å². The van der Waals surface area contributed by atoms with Crippen molar-refractivity contribution >= 4 is 32.5 Å². The summed E-state index contributed by atoms with van der Waals surface area (Å²) in [4.78, 5) is 21.1. The van der Waals surface area contributed by atoms with E-state index in [1.54, 1.807) is 34.4 Å². The Balaban J connectivity index is 1.21. The van der Waals surface area contributed by atoms with Crippen LogP contribution in [0.3, 0.4) is 0 Å². The Morgan fingerprint density at radius 1 is 1.10 bits per heavy atom. The second-order valence-electron chi connectivity index (χ2n) is 7.62. The number of hydrogen-bond donors (Lipinski definition) is 2. The monoisotopic (exact) mass is 428 g/mol. The van der Waals surface area contributed by atoms with Gasteiger partial charge in [-0.05, 0) is 55.7 Å². The standard InChI is InChI=1S/C23H20N6OS/c24-13-15-4-8-20-19(11-15)28-23(31-20)27-17-6-5-16(12-17)26-21-9-7-18(14-25-21)29-10-2-1-3-22(29)30/h1-4,7-11,14,16-17H,5-6,12H2,(H,25,26)(H,27,28)/t16-,17-/m0/s1. The van der Waals surface area contributed by atoms with Crippen molar-refractivity contribution < 1.29 is 0 Å². The fourth-order valence-electron chi connectivity index (χ4n) is 3.94. The molecule has 4 aromatic rings. The van der Waals surface area contributed by atoms with Crippen LogP contribution in [0.15, 0.2) is 65.7 Å². The van der Waals surface area contributed by atoms with E-state index in [0.717, 1.165) is 46.1 Å². The van der Waals surface area contributed by atoms with Crippen LogP contribution >= 0.6 is 11.3 Å². The number of nitrogens with one attached hydrogen (secondary N) is 2. The first-order valence-corrected chi connectivity index (χ1v) is 11.0. The van der Waals surface area contributed by atoms with Gasteiger partial charge in [0.25, 0.3) is 5.56 Å². The molecule has 7 nitrogen and oxygen atoms in total. The summed E-state index contributed by atoms with van der Waals surface area (Å²) in [6.07, 6.45) is 6.52. The molecule has 2 N–H and O–H groups in total. The number of thiazole rings is 1. The van der Waals surface area contributed by atoms with Gasteiger partial charge in [-0.25, -0.2) is 9.97 Å². The van der Waals surface area contributed by atoms with Crippen molar-refractivity contribution in [1.29, 1.82) is 5.26 Å². The van der Waals surface area contributed by atoms with Crippen LogP contribution in [0.1, 0.15) is 24.8 Å². The number of anilines is 2. The van der Waals surface area contributed by atoms with Crippen LogP contribution in [0.2, 0.25) is 0 Å². The number of fused-ring (bicyclic) bond motifs is 1. The number of hydrogen-bond acceptors (Lipinski definition) is 7. The van der Waals surface area contributed by atoms with Gasteiger partial charge < -0.3 is 10.6 Å². The normalized spacial score (nSPS) is 18.0. The number of nitriles is 1. The third-order valence-corrected chi connectivity index (χ3v) is 6.45. The van der Waals surface area contributed by atoms with E-state index in [9.17, 15) is 4.79 Å². The molecule has 0 amide bonds. The molecule has 5 rings (SSSR count). The largest absolute Gasteiger partial charge is 0.367 e. The molecule has 0 unspecified atom stereocenters. The summed E-state index contributed by atoms with van der Waals surface area (Å²) < 4.78 is 2.65. The van der Waals surface area contributed by atoms with E-state index in [1.165, 1.54) is 6.07 Å². The fraction of sp³-hybridized carbons (Fsp3) is 0.217. The topological polar surface area (TPSA) is 95.6 Å². The van der Waals surface area contributed by atoms with Gasteiger partial charge in [-0.15, -0.1) is 0 Å². The number of aromatic nitrogens is 3. The molecule has 2 atom stereocenters. The van der Waals surface area contributed by atoms with Crippen molar-refractivity contribution in [3.8, 4) is 11.8 Å². The van der Waals surface area contributed by atoms with Gasteiger partial charge in [0.05, 0.1) is 33.7 Å². The van der Waals surface area contributed by atoms with E-state index >= 15 is 0 Å². The van der Waals surface area contributed by atoms with E-state index in [0.29, 0.717) is 17.6 Å². The van der Waals surface area contributed by atoms with Crippen molar-refractivity contribution in [2.24, 2.45) is 0 Å². The molecule has 31 heavy (non-hydrogen) atoms. The van der Waals surface area contributed by atoms with Crippen LogP contribution in [0, 0.1) is 11.3 Å². The molecular weight excluding hydrogens is 408 g/mol. The molecule has 1 aromatic carbocycles. The third kappa shape index (κ3) is 4.13. The van der Waals surface area contributed by atoms with E-state index in [4.69, 9.17) is 5.26 Å². The molecule has 0 bridgehead atoms. The van der Waals surface area contributed by atoms with Gasteiger partial charge in [0.2, 0.25) is 0 Å². The molecule has 1 saturated carbocycles. The first-order chi connectivity index (χ1) is 15.2. The van der Waals surface area contributed by atoms with Gasteiger partial charge in [-0.2, -0.15) is 5.26 Å². The second kappa shape index (κ2) is 8.20. The molecule has 3 aromatic heterocycles. The summed E-state index contributed by atoms with van der Waals surface area (Å²) in [6, 6.07) is 17.3. The Morgan fingerprint density at radius 2 is 1.97 bits per heavy atom. The average Bonchev–Trinajstić information content (AvgIpc) is 3.40. The van der Waals surface area contributed by atoms with E-state index < -0.39 is 0 Å². The molecule has 1 aliphatic carbocycles. The lowest BCUT2D eigenvalue weighted by Gasteiger charge is -2.15. The summed E-state index contributed by atoms with van der Waals surface area (Å²) in [5.41, 5.74) is 2.16. The average molecular weight is 429 g/mol. The van der Waals surface area contributed by atoms with Crippen LogP contribution in [-0.2, 0) is 0 Å². The minimum atomic E-state index is -0.0755. The molecule has 3 heterocycles. The Hall–Kier alpha value is -3.70. The highest BCUT2D eigenvalue weighted by Gasteiger charge is 2.25. The van der Waals surface area contributed by atoms with Gasteiger partial charge in [0.1, 0.15) is 5.82 Å². The summed E-state index contributed by atoms with van der Waals surface area (Å²) >= 11 is 1.62. The molecular formula is C23H20N6OS. The molecule has 1 fully saturated rings. The lowest BCUT2D eigenvalue weighted by atomic mass is 10.2. The smallest absolute Gasteiger partial charge is 0.255 e. The van der Waals surface area contributed by atoms with Gasteiger partial charge in [-0.3, -0.25) is 9.36 Å². The number of benzene rings is 1. The van der Waals surface area contributed by atoms with Crippen LogP contribution in [-0.4, -0.2) is 26.6 Å². The van der Waals surface area contributed by atoms with Crippen LogP contribution in [0.25, 0.3) is 15.9 Å². The molecule has 154 valence electrons. The summed E-state index contributed by atoms with van der Waals surface area (Å²) in [5, 5.41) is 17.0. The van der Waals surface area contributed by atoms with Gasteiger partial charge >= 0.3 is 0 Å². The highest BCUT2D eigenvalue weighted by molar-refractivity contribution is 7.22. The summed E-state index contributed by atoms with van der Waals surface area (Å²) in [7, 11) is 0. The van der Waals surface area contributed by atoms with Gasteiger partial charge in [-0.1, -0.05) is 17.4 Å². The van der Waals surface area contributed by atoms with E-state index in [1.807, 2.05) is 36.4 Å². The lowest BCUT2D eigenvalue weighted by molar-refractivity contribution is 0.722. The first kappa shape index (κ1) is 19.3. The maximum atomic E-state index is 12.0. The quantitative estimate of drug-likeness (QED) is 0.496. The Morgan fingerprint density at radius 3 is 2.74 bits per heavy atom. The van der Waals surface area contributed by atoms with E-state index in [2.05, 4.69) is 26.7 Å². The van der Waals surface area contributed by atoms with Crippen LogP contribution in [0.4, 0.5) is 10.9 Å². The highest BCUT2D eigenvalue weighted by atomic mass is 32.1. The third-order valence-electron chi connectivity index (χ3n) is 5.48. The zero-order valence-corrected chi connectivity index (χ0v) is 17.5. The molecule has 0 radical (unpaired) electrons. The Labute approximate surface area is 183 Å². The molecule has 8 heteroatoms. The molecule has 0 saturated heterocycles. The van der Waals surface area contributed by atoms with Crippen molar-refractivity contribution in [2.75, 3.05) is 10.6 Å². The minimum Gasteiger partial charge on any atom is -0.367 e. The van der Waals surface area contributed by atoms with Crippen molar-refractivity contribution in [2.45, 2.75) is 31.3 Å². The molecule has 1 aliphatic rings. The van der Waals surface area contributed by atoms with Gasteiger partial charge in [0.15, 0.2) is 5.13 Å². The summed E-state index contributed by atoms with van der Waals surface area (Å²) in [6.45, 7) is 0. The van der Waals surface area contributed by atoms with Crippen LogP contribution < -0.4 is 16.2 Å². The fourth-order valence-corrected chi connectivity index (χ4v) is 4.86. The Kier molecular flexibility index (Phi) is 5.10. The molecule has 0 aliphatic heterocycles. The number of nitrogens with zero attached hydrogens (tertiary/aromatic N) is 4. The maximum absolute atomic E-state index is 12.0. The van der Waals surface area contributed by atoms with Gasteiger partial charge in [0, 0.05) is 24.3 Å².